The van der Waals surface area contributed by atoms with Crippen LogP contribution in [0.4, 0.5) is 19.1 Å². The second-order valence-corrected chi connectivity index (χ2v) is 5.58. The van der Waals surface area contributed by atoms with Crippen LogP contribution in [0.5, 0.6) is 0 Å². The van der Waals surface area contributed by atoms with Gasteiger partial charge < -0.3 is 9.64 Å². The first-order valence-corrected chi connectivity index (χ1v) is 6.64. The number of ether oxygens (including phenoxy) is 1. The van der Waals surface area contributed by atoms with Gasteiger partial charge in [0.1, 0.15) is 5.69 Å². The van der Waals surface area contributed by atoms with Gasteiger partial charge >= 0.3 is 6.18 Å². The molecule has 1 atom stereocenters. The SMILES string of the molecule is CC1(C)CN(c2nccc(C(F)(F)F)n2)CC(CCl)O1. The van der Waals surface area contributed by atoms with Crippen LogP contribution in [0.25, 0.3) is 0 Å². The van der Waals surface area contributed by atoms with E-state index in [-0.39, 0.29) is 17.9 Å². The number of aromatic nitrogens is 2. The second kappa shape index (κ2) is 5.37. The summed E-state index contributed by atoms with van der Waals surface area (Å²) >= 11 is 5.79. The zero-order valence-corrected chi connectivity index (χ0v) is 11.9. The largest absolute Gasteiger partial charge is 0.433 e. The van der Waals surface area contributed by atoms with Crippen LogP contribution < -0.4 is 4.90 Å². The Hall–Kier alpha value is -1.08. The fraction of sp³-hybridized carbons (Fsp3) is 0.667. The monoisotopic (exact) mass is 309 g/mol. The smallest absolute Gasteiger partial charge is 0.367 e. The van der Waals surface area contributed by atoms with E-state index in [1.807, 2.05) is 13.8 Å². The average molecular weight is 310 g/mol. The summed E-state index contributed by atoms with van der Waals surface area (Å²) in [5.41, 5.74) is -1.47. The molecule has 2 rings (SSSR count). The molecule has 0 N–H and O–H groups in total. The molecular formula is C12H15ClF3N3O. The highest BCUT2D eigenvalue weighted by Gasteiger charge is 2.36. The molecule has 1 aromatic heterocycles. The molecule has 0 aromatic carbocycles. The Morgan fingerprint density at radius 3 is 2.80 bits per heavy atom. The zero-order valence-electron chi connectivity index (χ0n) is 11.1. The lowest BCUT2D eigenvalue weighted by Gasteiger charge is -2.42. The summed E-state index contributed by atoms with van der Waals surface area (Å²) in [6.07, 6.45) is -3.63. The molecular weight excluding hydrogens is 295 g/mol. The van der Waals surface area contributed by atoms with Crippen LogP contribution in [-0.4, -0.2) is 40.6 Å². The number of rotatable bonds is 2. The lowest BCUT2D eigenvalue weighted by molar-refractivity contribution is -0.141. The van der Waals surface area contributed by atoms with E-state index in [0.717, 1.165) is 12.3 Å². The van der Waals surface area contributed by atoms with Crippen molar-refractivity contribution in [2.75, 3.05) is 23.9 Å². The summed E-state index contributed by atoms with van der Waals surface area (Å²) in [4.78, 5) is 9.19. The Balaban J connectivity index is 2.26. The minimum atomic E-state index is -4.48. The highest BCUT2D eigenvalue weighted by Crippen LogP contribution is 2.29. The van der Waals surface area contributed by atoms with E-state index < -0.39 is 17.5 Å². The van der Waals surface area contributed by atoms with Crippen LogP contribution in [0.1, 0.15) is 19.5 Å². The van der Waals surface area contributed by atoms with Gasteiger partial charge in [-0.1, -0.05) is 0 Å². The highest BCUT2D eigenvalue weighted by molar-refractivity contribution is 6.18. The number of hydrogen-bond donors (Lipinski definition) is 0. The maximum atomic E-state index is 12.7. The van der Waals surface area contributed by atoms with E-state index >= 15 is 0 Å². The first-order valence-electron chi connectivity index (χ1n) is 6.10. The van der Waals surface area contributed by atoms with Crippen molar-refractivity contribution in [3.05, 3.63) is 18.0 Å². The molecule has 0 saturated carbocycles. The average Bonchev–Trinajstić information content (AvgIpc) is 2.36. The molecule has 1 aliphatic heterocycles. The van der Waals surface area contributed by atoms with Crippen LogP contribution in [0.3, 0.4) is 0 Å². The van der Waals surface area contributed by atoms with Crippen molar-refractivity contribution >= 4 is 17.5 Å². The minimum Gasteiger partial charge on any atom is -0.367 e. The maximum absolute atomic E-state index is 12.7. The molecule has 1 unspecified atom stereocenters. The van der Waals surface area contributed by atoms with Gasteiger partial charge in [0.15, 0.2) is 0 Å². The van der Waals surface area contributed by atoms with E-state index in [0.29, 0.717) is 13.1 Å². The summed E-state index contributed by atoms with van der Waals surface area (Å²) in [5, 5.41) is 0. The van der Waals surface area contributed by atoms with E-state index in [9.17, 15) is 13.2 Å². The molecule has 4 nitrogen and oxygen atoms in total. The van der Waals surface area contributed by atoms with Gasteiger partial charge in [-0.2, -0.15) is 13.2 Å². The number of anilines is 1. The first kappa shape index (κ1) is 15.3. The lowest BCUT2D eigenvalue weighted by atomic mass is 10.1. The Morgan fingerprint density at radius 2 is 2.20 bits per heavy atom. The van der Waals surface area contributed by atoms with Gasteiger partial charge in [0.05, 0.1) is 17.6 Å². The van der Waals surface area contributed by atoms with Crippen LogP contribution in [0.2, 0.25) is 0 Å². The summed E-state index contributed by atoms with van der Waals surface area (Å²) in [5.74, 6) is 0.310. The summed E-state index contributed by atoms with van der Waals surface area (Å²) in [6.45, 7) is 4.48. The van der Waals surface area contributed by atoms with Gasteiger partial charge in [-0.25, -0.2) is 9.97 Å². The van der Waals surface area contributed by atoms with E-state index in [4.69, 9.17) is 16.3 Å². The van der Waals surface area contributed by atoms with Gasteiger partial charge in [0.2, 0.25) is 5.95 Å². The molecule has 0 aliphatic carbocycles. The highest BCUT2D eigenvalue weighted by atomic mass is 35.5. The molecule has 1 saturated heterocycles. The van der Waals surface area contributed by atoms with E-state index in [2.05, 4.69) is 9.97 Å². The van der Waals surface area contributed by atoms with Gasteiger partial charge in [0, 0.05) is 19.3 Å². The predicted octanol–water partition coefficient (Wildman–Crippen LogP) is 2.72. The molecule has 8 heteroatoms. The number of hydrogen-bond acceptors (Lipinski definition) is 4. The number of alkyl halides is 4. The number of halogens is 4. The lowest BCUT2D eigenvalue weighted by Crippen LogP contribution is -2.54. The molecule has 20 heavy (non-hydrogen) atoms. The van der Waals surface area contributed by atoms with Crippen LogP contribution in [0.15, 0.2) is 12.3 Å². The van der Waals surface area contributed by atoms with Crippen molar-refractivity contribution in [3.63, 3.8) is 0 Å². The fourth-order valence-electron chi connectivity index (χ4n) is 2.19. The van der Waals surface area contributed by atoms with Crippen molar-refractivity contribution in [3.8, 4) is 0 Å². The third kappa shape index (κ3) is 3.52. The topological polar surface area (TPSA) is 38.2 Å². The Labute approximate surface area is 119 Å². The third-order valence-corrected chi connectivity index (χ3v) is 3.21. The van der Waals surface area contributed by atoms with E-state index in [1.165, 1.54) is 0 Å². The normalized spacial score (nSPS) is 22.9. The van der Waals surface area contributed by atoms with Gasteiger partial charge in [-0.15, -0.1) is 11.6 Å². The molecule has 112 valence electrons. The van der Waals surface area contributed by atoms with Crippen LogP contribution in [0, 0.1) is 0 Å². The molecule has 0 amide bonds. The minimum absolute atomic E-state index is 0.0475. The summed E-state index contributed by atoms with van der Waals surface area (Å²) < 4.78 is 43.7. The Kier molecular flexibility index (Phi) is 4.11. The predicted molar refractivity (Wildman–Crippen MR) is 68.9 cm³/mol. The van der Waals surface area contributed by atoms with Crippen molar-refractivity contribution in [2.45, 2.75) is 31.7 Å². The standard InChI is InChI=1S/C12H15ClF3N3O/c1-11(2)7-19(6-8(5-13)20-11)10-17-4-3-9(18-10)12(14,15)16/h3-4,8H,5-7H2,1-2H3. The fourth-order valence-corrected chi connectivity index (χ4v) is 2.35. The summed E-state index contributed by atoms with van der Waals surface area (Å²) in [7, 11) is 0. The molecule has 0 bridgehead atoms. The van der Waals surface area contributed by atoms with Crippen LogP contribution in [-0.2, 0) is 10.9 Å². The van der Waals surface area contributed by atoms with Crippen molar-refractivity contribution in [1.29, 1.82) is 0 Å². The molecule has 1 aromatic rings. The third-order valence-electron chi connectivity index (χ3n) is 2.87. The van der Waals surface area contributed by atoms with Gasteiger partial charge in [0.25, 0.3) is 0 Å². The van der Waals surface area contributed by atoms with Crippen molar-refractivity contribution in [1.82, 2.24) is 9.97 Å². The Morgan fingerprint density at radius 1 is 1.50 bits per heavy atom. The molecule has 1 aliphatic rings. The van der Waals surface area contributed by atoms with Crippen molar-refractivity contribution in [2.24, 2.45) is 0 Å². The Bertz CT molecular complexity index is 481. The first-order chi connectivity index (χ1) is 9.21. The second-order valence-electron chi connectivity index (χ2n) is 5.27. The molecule has 1 fully saturated rings. The summed E-state index contributed by atoms with van der Waals surface area (Å²) in [6, 6.07) is 0.855. The van der Waals surface area contributed by atoms with Gasteiger partial charge in [-0.3, -0.25) is 0 Å². The molecule has 0 spiro atoms. The number of nitrogens with zero attached hydrogens (tertiary/aromatic N) is 3. The quantitative estimate of drug-likeness (QED) is 0.787. The van der Waals surface area contributed by atoms with Crippen molar-refractivity contribution < 1.29 is 17.9 Å². The van der Waals surface area contributed by atoms with Crippen LogP contribution >= 0.6 is 11.6 Å². The maximum Gasteiger partial charge on any atom is 0.433 e. The molecule has 2 heterocycles. The van der Waals surface area contributed by atoms with Gasteiger partial charge in [-0.05, 0) is 19.9 Å². The molecule has 0 radical (unpaired) electrons. The van der Waals surface area contributed by atoms with E-state index in [1.54, 1.807) is 4.90 Å². The number of morpholine rings is 1. The zero-order chi connectivity index (χ0) is 15.0.